The molecule has 1 amide bonds. The third-order valence-electron chi connectivity index (χ3n) is 5.15. The normalized spacial score (nSPS) is 12.8. The predicted octanol–water partition coefficient (Wildman–Crippen LogP) is 4.23. The lowest BCUT2D eigenvalue weighted by Gasteiger charge is -2.20. The molecule has 0 aliphatic rings. The Hall–Kier alpha value is -3.23. The number of amides is 1. The second-order valence-corrected chi connectivity index (χ2v) is 8.24. The van der Waals surface area contributed by atoms with Crippen LogP contribution < -0.4 is 11.1 Å². The zero-order chi connectivity index (χ0) is 24.0. The summed E-state index contributed by atoms with van der Waals surface area (Å²) in [5, 5.41) is 16.2. The number of carbonyl (C=O) groups is 2. The number of nitrogens with zero attached hydrogens (tertiary/aromatic N) is 1. The molecular weight excluding hydrogens is 449 g/mol. The number of nitrogens with two attached hydrogens (primary N) is 1. The van der Waals surface area contributed by atoms with Gasteiger partial charge in [-0.1, -0.05) is 47.9 Å². The van der Waals surface area contributed by atoms with Crippen LogP contribution in [0.4, 0.5) is 4.39 Å². The first-order valence-corrected chi connectivity index (χ1v) is 10.9. The van der Waals surface area contributed by atoms with Crippen molar-refractivity contribution < 1.29 is 23.6 Å². The van der Waals surface area contributed by atoms with E-state index in [9.17, 15) is 19.1 Å². The van der Waals surface area contributed by atoms with Gasteiger partial charge in [0.05, 0.1) is 0 Å². The maximum atomic E-state index is 14.2. The van der Waals surface area contributed by atoms with Crippen LogP contribution in [0.15, 0.2) is 53.1 Å². The lowest BCUT2D eigenvalue weighted by atomic mass is 9.97. The van der Waals surface area contributed by atoms with Crippen molar-refractivity contribution >= 4 is 23.5 Å². The quantitative estimate of drug-likeness (QED) is 0.405. The van der Waals surface area contributed by atoms with Crippen molar-refractivity contribution in [2.75, 3.05) is 0 Å². The number of aliphatic carboxylic acids is 1. The maximum absolute atomic E-state index is 14.2. The molecule has 0 radical (unpaired) electrons. The van der Waals surface area contributed by atoms with E-state index in [0.717, 1.165) is 12.0 Å². The largest absolute Gasteiger partial charge is 0.480 e. The van der Waals surface area contributed by atoms with E-state index >= 15 is 0 Å². The number of benzene rings is 2. The summed E-state index contributed by atoms with van der Waals surface area (Å²) in [6.45, 7) is 1.98. The summed E-state index contributed by atoms with van der Waals surface area (Å²) in [7, 11) is 0. The number of hydrogen-bond acceptors (Lipinski definition) is 5. The van der Waals surface area contributed by atoms with Gasteiger partial charge in [0, 0.05) is 29.1 Å². The second kappa shape index (κ2) is 11.1. The Balaban J connectivity index is 1.75. The van der Waals surface area contributed by atoms with Gasteiger partial charge in [0.15, 0.2) is 5.69 Å². The van der Waals surface area contributed by atoms with Crippen molar-refractivity contribution in [3.05, 3.63) is 76.4 Å². The van der Waals surface area contributed by atoms with Crippen LogP contribution in [0.3, 0.4) is 0 Å². The molecule has 2 aromatic carbocycles. The number of carboxylic acids is 1. The molecule has 174 valence electrons. The number of hydrogen-bond donors (Lipinski definition) is 3. The summed E-state index contributed by atoms with van der Waals surface area (Å²) in [6, 6.07) is 11.3. The van der Waals surface area contributed by atoms with Gasteiger partial charge in [-0.3, -0.25) is 9.59 Å². The third-order valence-corrected chi connectivity index (χ3v) is 5.39. The number of aryl methyl sites for hydroxylation is 1. The number of nitrogens with one attached hydrogen (secondary N) is 1. The van der Waals surface area contributed by atoms with Crippen LogP contribution in [0.5, 0.6) is 0 Å². The van der Waals surface area contributed by atoms with E-state index < -0.39 is 24.0 Å². The van der Waals surface area contributed by atoms with E-state index in [4.69, 9.17) is 21.9 Å². The third kappa shape index (κ3) is 6.63. The van der Waals surface area contributed by atoms with Crippen molar-refractivity contribution in [3.63, 3.8) is 0 Å². The summed E-state index contributed by atoms with van der Waals surface area (Å²) >= 11 is 5.98. The summed E-state index contributed by atoms with van der Waals surface area (Å²) in [5.41, 5.74) is 7.68. The molecule has 33 heavy (non-hydrogen) atoms. The molecule has 0 spiro atoms. The van der Waals surface area contributed by atoms with Gasteiger partial charge in [0.25, 0.3) is 5.91 Å². The molecule has 0 bridgehead atoms. The number of rotatable bonds is 10. The average molecular weight is 474 g/mol. The summed E-state index contributed by atoms with van der Waals surface area (Å²) in [5.74, 6) is -1.42. The SMILES string of the molecule is CCCc1cc(C(=O)NC(Cc2ccc(-c3cc(Cl)ccc3F)cc2)C[C@@H](N)C(=O)O)no1. The monoisotopic (exact) mass is 473 g/mol. The molecule has 9 heteroatoms. The lowest BCUT2D eigenvalue weighted by molar-refractivity contribution is -0.138. The number of carboxylic acid groups (broad SMARTS) is 1. The van der Waals surface area contributed by atoms with E-state index in [0.29, 0.717) is 34.8 Å². The minimum Gasteiger partial charge on any atom is -0.480 e. The Kier molecular flexibility index (Phi) is 8.19. The number of carbonyl (C=O) groups excluding carboxylic acids is 1. The van der Waals surface area contributed by atoms with Gasteiger partial charge in [-0.05, 0) is 48.6 Å². The van der Waals surface area contributed by atoms with Crippen LogP contribution >= 0.6 is 11.6 Å². The van der Waals surface area contributed by atoms with Crippen LogP contribution in [0.2, 0.25) is 5.02 Å². The van der Waals surface area contributed by atoms with Gasteiger partial charge in [-0.15, -0.1) is 0 Å². The summed E-state index contributed by atoms with van der Waals surface area (Å²) in [6.07, 6.45) is 1.85. The minimum atomic E-state index is -1.16. The smallest absolute Gasteiger partial charge is 0.320 e. The molecular formula is C24H25ClFN3O4. The van der Waals surface area contributed by atoms with Crippen molar-refractivity contribution in [3.8, 4) is 11.1 Å². The molecule has 7 nitrogen and oxygen atoms in total. The molecule has 1 heterocycles. The summed E-state index contributed by atoms with van der Waals surface area (Å²) < 4.78 is 19.3. The van der Waals surface area contributed by atoms with Gasteiger partial charge < -0.3 is 20.7 Å². The highest BCUT2D eigenvalue weighted by Crippen LogP contribution is 2.26. The van der Waals surface area contributed by atoms with Gasteiger partial charge in [0.1, 0.15) is 17.6 Å². The molecule has 4 N–H and O–H groups in total. The first-order valence-electron chi connectivity index (χ1n) is 10.6. The van der Waals surface area contributed by atoms with Gasteiger partial charge >= 0.3 is 5.97 Å². The van der Waals surface area contributed by atoms with Crippen LogP contribution in [-0.2, 0) is 17.6 Å². The molecule has 2 atom stereocenters. The van der Waals surface area contributed by atoms with Gasteiger partial charge in [-0.2, -0.15) is 0 Å². The zero-order valence-electron chi connectivity index (χ0n) is 18.1. The average Bonchev–Trinajstić information content (AvgIpc) is 3.25. The van der Waals surface area contributed by atoms with Crippen molar-refractivity contribution in [2.24, 2.45) is 5.73 Å². The highest BCUT2D eigenvalue weighted by molar-refractivity contribution is 6.30. The Bertz CT molecular complexity index is 1120. The zero-order valence-corrected chi connectivity index (χ0v) is 18.8. The molecule has 0 fully saturated rings. The predicted molar refractivity (Wildman–Crippen MR) is 123 cm³/mol. The highest BCUT2D eigenvalue weighted by Gasteiger charge is 2.23. The molecule has 3 aromatic rings. The molecule has 0 aliphatic carbocycles. The standard InChI is InChI=1S/C24H25ClFN3O4/c1-2-3-18-13-22(29-33-18)23(30)28-17(12-21(27)24(31)32)10-14-4-6-15(7-5-14)19-11-16(25)8-9-20(19)26/h4-9,11,13,17,21H,2-3,10,12,27H2,1H3,(H,28,30)(H,31,32)/t17?,21-/m1/s1. The minimum absolute atomic E-state index is 0.0193. The van der Waals surface area contributed by atoms with Crippen LogP contribution in [0, 0.1) is 5.82 Å². The van der Waals surface area contributed by atoms with E-state index in [1.807, 2.05) is 6.92 Å². The van der Waals surface area contributed by atoms with E-state index in [2.05, 4.69) is 10.5 Å². The molecule has 0 aliphatic heterocycles. The van der Waals surface area contributed by atoms with E-state index in [1.165, 1.54) is 12.1 Å². The fraction of sp³-hybridized carbons (Fsp3) is 0.292. The Labute approximate surface area is 195 Å². The van der Waals surface area contributed by atoms with Crippen molar-refractivity contribution in [1.82, 2.24) is 10.5 Å². The maximum Gasteiger partial charge on any atom is 0.320 e. The fourth-order valence-electron chi connectivity index (χ4n) is 3.47. The second-order valence-electron chi connectivity index (χ2n) is 7.80. The number of aromatic nitrogens is 1. The first-order chi connectivity index (χ1) is 15.8. The molecule has 3 rings (SSSR count). The number of halogens is 2. The van der Waals surface area contributed by atoms with Gasteiger partial charge in [0.2, 0.25) is 0 Å². The fourth-order valence-corrected chi connectivity index (χ4v) is 3.64. The molecule has 1 unspecified atom stereocenters. The Morgan fingerprint density at radius 1 is 1.21 bits per heavy atom. The molecule has 1 aromatic heterocycles. The first kappa shape index (κ1) is 24.4. The molecule has 0 saturated heterocycles. The topological polar surface area (TPSA) is 118 Å². The van der Waals surface area contributed by atoms with E-state index in [-0.39, 0.29) is 17.9 Å². The van der Waals surface area contributed by atoms with Crippen LogP contribution in [0.25, 0.3) is 11.1 Å². The molecule has 0 saturated carbocycles. The Morgan fingerprint density at radius 2 is 1.94 bits per heavy atom. The Morgan fingerprint density at radius 3 is 2.61 bits per heavy atom. The highest BCUT2D eigenvalue weighted by atomic mass is 35.5. The lowest BCUT2D eigenvalue weighted by Crippen LogP contribution is -2.43. The van der Waals surface area contributed by atoms with Crippen molar-refractivity contribution in [2.45, 2.75) is 44.7 Å². The van der Waals surface area contributed by atoms with Crippen LogP contribution in [0.1, 0.15) is 41.6 Å². The summed E-state index contributed by atoms with van der Waals surface area (Å²) in [4.78, 5) is 23.9. The van der Waals surface area contributed by atoms with Gasteiger partial charge in [-0.25, -0.2) is 4.39 Å². The van der Waals surface area contributed by atoms with E-state index in [1.54, 1.807) is 36.4 Å². The van der Waals surface area contributed by atoms with Crippen molar-refractivity contribution in [1.29, 1.82) is 0 Å². The van der Waals surface area contributed by atoms with Crippen LogP contribution in [-0.4, -0.2) is 34.2 Å².